The lowest BCUT2D eigenvalue weighted by Crippen LogP contribution is -2.22. The predicted octanol–water partition coefficient (Wildman–Crippen LogP) is 3.50. The second-order valence-corrected chi connectivity index (χ2v) is 5.21. The average Bonchev–Trinajstić information content (AvgIpc) is 2.85. The van der Waals surface area contributed by atoms with Crippen LogP contribution in [0.15, 0.2) is 28.8 Å². The van der Waals surface area contributed by atoms with Gasteiger partial charge in [-0.05, 0) is 31.9 Å². The number of ether oxygens (including phenoxy) is 1. The van der Waals surface area contributed by atoms with E-state index in [4.69, 9.17) is 26.6 Å². The second kappa shape index (κ2) is 6.77. The fraction of sp³-hybridized carbons (Fsp3) is 0.400. The largest absolute Gasteiger partial charge is 0.487 e. The monoisotopic (exact) mass is 294 g/mol. The zero-order chi connectivity index (χ0) is 14.5. The van der Waals surface area contributed by atoms with E-state index in [0.29, 0.717) is 18.1 Å². The minimum absolute atomic E-state index is 0.0755. The van der Waals surface area contributed by atoms with E-state index in [0.717, 1.165) is 29.2 Å². The Balaban J connectivity index is 2.12. The number of nitrogens with two attached hydrogens (primary N) is 1. The van der Waals surface area contributed by atoms with E-state index in [1.54, 1.807) is 0 Å². The number of aryl methyl sites for hydroxylation is 1. The molecule has 20 heavy (non-hydrogen) atoms. The molecule has 0 radical (unpaired) electrons. The van der Waals surface area contributed by atoms with Gasteiger partial charge in [-0.2, -0.15) is 0 Å². The maximum atomic E-state index is 6.25. The molecular weight excluding hydrogens is 276 g/mol. The molecule has 1 aromatic carbocycles. The quantitative estimate of drug-likeness (QED) is 0.886. The molecule has 108 valence electrons. The van der Waals surface area contributed by atoms with Gasteiger partial charge in [0.05, 0.1) is 0 Å². The van der Waals surface area contributed by atoms with Crippen molar-refractivity contribution in [2.75, 3.05) is 0 Å². The molecule has 4 nitrogen and oxygen atoms in total. The molecule has 1 unspecified atom stereocenters. The lowest BCUT2D eigenvalue weighted by atomic mass is 10.0. The first-order valence-electron chi connectivity index (χ1n) is 6.68. The molecule has 0 saturated heterocycles. The Labute approximate surface area is 123 Å². The van der Waals surface area contributed by atoms with Crippen LogP contribution in [0.5, 0.6) is 5.75 Å². The van der Waals surface area contributed by atoms with E-state index in [2.05, 4.69) is 12.1 Å². The van der Waals surface area contributed by atoms with E-state index < -0.39 is 0 Å². The maximum Gasteiger partial charge on any atom is 0.134 e. The van der Waals surface area contributed by atoms with Crippen LogP contribution in [-0.2, 0) is 13.0 Å². The molecule has 5 heteroatoms. The van der Waals surface area contributed by atoms with E-state index in [9.17, 15) is 0 Å². The van der Waals surface area contributed by atoms with Crippen LogP contribution < -0.4 is 10.5 Å². The Hall–Kier alpha value is -1.52. The van der Waals surface area contributed by atoms with Crippen LogP contribution in [0.2, 0.25) is 5.02 Å². The summed E-state index contributed by atoms with van der Waals surface area (Å²) in [5.41, 5.74) is 7.72. The van der Waals surface area contributed by atoms with Crippen molar-refractivity contribution in [2.24, 2.45) is 5.73 Å². The molecule has 1 heterocycles. The molecule has 0 bridgehead atoms. The summed E-state index contributed by atoms with van der Waals surface area (Å²) in [7, 11) is 0. The summed E-state index contributed by atoms with van der Waals surface area (Å²) < 4.78 is 10.8. The molecule has 0 aliphatic carbocycles. The molecule has 2 N–H and O–H groups in total. The van der Waals surface area contributed by atoms with Gasteiger partial charge in [0.2, 0.25) is 0 Å². The molecule has 0 amide bonds. The number of nitrogens with zero attached hydrogens (tertiary/aromatic N) is 1. The van der Waals surface area contributed by atoms with Crippen LogP contribution in [-0.4, -0.2) is 11.2 Å². The highest BCUT2D eigenvalue weighted by molar-refractivity contribution is 6.31. The summed E-state index contributed by atoms with van der Waals surface area (Å²) in [6.45, 7) is 4.26. The van der Waals surface area contributed by atoms with Crippen LogP contribution >= 0.6 is 11.6 Å². The number of hydrogen-bond acceptors (Lipinski definition) is 4. The lowest BCUT2D eigenvalue weighted by Gasteiger charge is -2.15. The number of benzene rings is 1. The number of aromatic nitrogens is 1. The zero-order valence-corrected chi connectivity index (χ0v) is 12.5. The van der Waals surface area contributed by atoms with E-state index in [-0.39, 0.29) is 6.04 Å². The summed E-state index contributed by atoms with van der Waals surface area (Å²) >= 11 is 6.25. The van der Waals surface area contributed by atoms with Crippen LogP contribution in [0.3, 0.4) is 0 Å². The molecule has 0 fully saturated rings. The van der Waals surface area contributed by atoms with Crippen LogP contribution in [0.4, 0.5) is 0 Å². The van der Waals surface area contributed by atoms with Crippen molar-refractivity contribution in [3.8, 4) is 5.75 Å². The van der Waals surface area contributed by atoms with E-state index >= 15 is 0 Å². The lowest BCUT2D eigenvalue weighted by molar-refractivity contribution is 0.284. The van der Waals surface area contributed by atoms with Gasteiger partial charge < -0.3 is 15.0 Å². The number of rotatable bonds is 6. The topological polar surface area (TPSA) is 61.3 Å². The summed E-state index contributed by atoms with van der Waals surface area (Å²) in [6.07, 6.45) is 1.59. The summed E-state index contributed by atoms with van der Waals surface area (Å²) in [5, 5.41) is 4.59. The molecule has 0 aliphatic heterocycles. The third kappa shape index (κ3) is 3.74. The van der Waals surface area contributed by atoms with Crippen LogP contribution in [0.25, 0.3) is 0 Å². The normalized spacial score (nSPS) is 12.4. The molecule has 2 rings (SSSR count). The predicted molar refractivity (Wildman–Crippen MR) is 79.0 cm³/mol. The first-order valence-corrected chi connectivity index (χ1v) is 7.06. The molecule has 0 saturated carbocycles. The van der Waals surface area contributed by atoms with Crippen LogP contribution in [0.1, 0.15) is 30.4 Å². The summed E-state index contributed by atoms with van der Waals surface area (Å²) in [5.74, 6) is 1.52. The fourth-order valence-electron chi connectivity index (χ4n) is 1.92. The van der Waals surface area contributed by atoms with Gasteiger partial charge in [-0.1, -0.05) is 29.7 Å². The van der Waals surface area contributed by atoms with Gasteiger partial charge >= 0.3 is 0 Å². The highest BCUT2D eigenvalue weighted by atomic mass is 35.5. The van der Waals surface area contributed by atoms with Crippen molar-refractivity contribution in [1.82, 2.24) is 5.16 Å². The van der Waals surface area contributed by atoms with Gasteiger partial charge in [-0.25, -0.2) is 0 Å². The number of hydrogen-bond donors (Lipinski definition) is 1. The number of halogens is 1. The van der Waals surface area contributed by atoms with Crippen molar-refractivity contribution in [2.45, 2.75) is 39.3 Å². The Morgan fingerprint density at radius 1 is 1.45 bits per heavy atom. The highest BCUT2D eigenvalue weighted by Gasteiger charge is 2.12. The molecule has 1 atom stereocenters. The van der Waals surface area contributed by atoms with Crippen molar-refractivity contribution in [3.05, 3.63) is 46.3 Å². The van der Waals surface area contributed by atoms with Gasteiger partial charge in [-0.15, -0.1) is 0 Å². The van der Waals surface area contributed by atoms with E-state index in [1.807, 2.05) is 31.2 Å². The van der Waals surface area contributed by atoms with E-state index in [1.165, 1.54) is 0 Å². The first-order chi connectivity index (χ1) is 9.60. The Kier molecular flexibility index (Phi) is 5.04. The first kappa shape index (κ1) is 14.9. The van der Waals surface area contributed by atoms with Gasteiger partial charge in [0, 0.05) is 22.7 Å². The molecule has 0 spiro atoms. The second-order valence-electron chi connectivity index (χ2n) is 4.81. The smallest absolute Gasteiger partial charge is 0.134 e. The van der Waals surface area contributed by atoms with Crippen molar-refractivity contribution < 1.29 is 9.26 Å². The van der Waals surface area contributed by atoms with Crippen molar-refractivity contribution in [1.29, 1.82) is 0 Å². The molecule has 1 aromatic heterocycles. The summed E-state index contributed by atoms with van der Waals surface area (Å²) in [6, 6.07) is 7.55. The zero-order valence-electron chi connectivity index (χ0n) is 11.7. The third-order valence-electron chi connectivity index (χ3n) is 3.12. The average molecular weight is 295 g/mol. The highest BCUT2D eigenvalue weighted by Crippen LogP contribution is 2.28. The fourth-order valence-corrected chi connectivity index (χ4v) is 2.16. The third-order valence-corrected chi connectivity index (χ3v) is 3.47. The van der Waals surface area contributed by atoms with Gasteiger partial charge in [0.1, 0.15) is 23.8 Å². The van der Waals surface area contributed by atoms with Crippen molar-refractivity contribution >= 4 is 11.6 Å². The van der Waals surface area contributed by atoms with Crippen molar-refractivity contribution in [3.63, 3.8) is 0 Å². The minimum Gasteiger partial charge on any atom is -0.487 e. The van der Waals surface area contributed by atoms with Gasteiger partial charge in [0.25, 0.3) is 0 Å². The maximum absolute atomic E-state index is 6.25. The standard InChI is InChI=1S/C15H19ClN2O2/c1-3-11(17)8-13-14(16)5-4-6-15(13)19-9-12-7-10(2)20-18-12/h4-7,11H,3,8-9,17H2,1-2H3. The SMILES string of the molecule is CCC(N)Cc1c(Cl)cccc1OCc1cc(C)on1. The van der Waals surface area contributed by atoms with Gasteiger partial charge in [0.15, 0.2) is 0 Å². The Morgan fingerprint density at radius 3 is 2.90 bits per heavy atom. The molecule has 0 aliphatic rings. The summed E-state index contributed by atoms with van der Waals surface area (Å²) in [4.78, 5) is 0. The minimum atomic E-state index is 0.0755. The van der Waals surface area contributed by atoms with Crippen LogP contribution in [0, 0.1) is 6.92 Å². The molecular formula is C15H19ClN2O2. The Bertz CT molecular complexity index is 569. The van der Waals surface area contributed by atoms with Gasteiger partial charge in [-0.3, -0.25) is 0 Å². The Morgan fingerprint density at radius 2 is 2.25 bits per heavy atom. The molecule has 2 aromatic rings.